The summed E-state index contributed by atoms with van der Waals surface area (Å²) >= 11 is 0. The Labute approximate surface area is 187 Å². The molecule has 0 spiro atoms. The van der Waals surface area contributed by atoms with Crippen molar-refractivity contribution in [3.05, 3.63) is 70.6 Å². The van der Waals surface area contributed by atoms with E-state index in [9.17, 15) is 15.8 Å². The number of rotatable bonds is 5. The van der Waals surface area contributed by atoms with Crippen molar-refractivity contribution >= 4 is 17.6 Å². The molecule has 1 aromatic carbocycles. The first kappa shape index (κ1) is 22.3. The third-order valence-corrected chi connectivity index (χ3v) is 5.42. The molecule has 0 bridgehead atoms. The second-order valence-corrected chi connectivity index (χ2v) is 7.71. The molecule has 0 N–H and O–H groups in total. The van der Waals surface area contributed by atoms with Gasteiger partial charge in [-0.15, -0.1) is 0 Å². The van der Waals surface area contributed by atoms with E-state index in [2.05, 4.69) is 11.0 Å². The molecule has 1 aliphatic heterocycles. The van der Waals surface area contributed by atoms with Crippen LogP contribution in [0.5, 0.6) is 5.75 Å². The van der Waals surface area contributed by atoms with Crippen LogP contribution in [0, 0.1) is 34.0 Å². The van der Waals surface area contributed by atoms with Crippen LogP contribution in [-0.2, 0) is 11.8 Å². The zero-order valence-corrected chi connectivity index (χ0v) is 18.7. The van der Waals surface area contributed by atoms with Crippen molar-refractivity contribution in [1.82, 2.24) is 4.57 Å². The Balaban J connectivity index is 1.96. The van der Waals surface area contributed by atoms with Gasteiger partial charge in [-0.05, 0) is 56.3 Å². The highest BCUT2D eigenvalue weighted by molar-refractivity contribution is 5.67. The molecule has 0 aliphatic carbocycles. The first-order valence-corrected chi connectivity index (χ1v) is 9.87. The number of nitriles is 3. The van der Waals surface area contributed by atoms with Gasteiger partial charge < -0.3 is 18.9 Å². The van der Waals surface area contributed by atoms with Crippen molar-refractivity contribution in [1.29, 1.82) is 15.8 Å². The smallest absolute Gasteiger partial charge is 0.172 e. The topological polar surface area (TPSA) is 98.0 Å². The first-order chi connectivity index (χ1) is 15.3. The van der Waals surface area contributed by atoms with Crippen LogP contribution in [0.25, 0.3) is 6.08 Å². The van der Waals surface area contributed by atoms with Gasteiger partial charge >= 0.3 is 0 Å². The van der Waals surface area contributed by atoms with Crippen molar-refractivity contribution in [3.8, 4) is 24.0 Å². The molecule has 7 heteroatoms. The number of hydrogen-bond acceptors (Lipinski definition) is 6. The summed E-state index contributed by atoms with van der Waals surface area (Å²) in [4.78, 5) is 2.06. The zero-order chi connectivity index (χ0) is 23.5. The van der Waals surface area contributed by atoms with Gasteiger partial charge in [0.1, 0.15) is 40.9 Å². The molecule has 3 rings (SSSR count). The summed E-state index contributed by atoms with van der Waals surface area (Å²) in [6, 6.07) is 17.5. The van der Waals surface area contributed by atoms with E-state index < -0.39 is 5.60 Å². The lowest BCUT2D eigenvalue weighted by Crippen LogP contribution is -2.20. The molecule has 0 atom stereocenters. The van der Waals surface area contributed by atoms with Gasteiger partial charge in [0.2, 0.25) is 0 Å². The van der Waals surface area contributed by atoms with Gasteiger partial charge in [0, 0.05) is 31.0 Å². The van der Waals surface area contributed by atoms with E-state index in [4.69, 9.17) is 9.47 Å². The Kier molecular flexibility index (Phi) is 6.10. The van der Waals surface area contributed by atoms with Gasteiger partial charge in [0.15, 0.2) is 11.3 Å². The lowest BCUT2D eigenvalue weighted by molar-refractivity contribution is 0.0954. The minimum atomic E-state index is -0.844. The summed E-state index contributed by atoms with van der Waals surface area (Å²) in [7, 11) is 5.58. The highest BCUT2D eigenvalue weighted by Gasteiger charge is 2.38. The third kappa shape index (κ3) is 3.95. The van der Waals surface area contributed by atoms with Crippen molar-refractivity contribution in [3.63, 3.8) is 0 Å². The monoisotopic (exact) mass is 425 g/mol. The van der Waals surface area contributed by atoms with Gasteiger partial charge in [-0.3, -0.25) is 0 Å². The fraction of sp³-hybridized carbons (Fsp3) is 0.240. The van der Waals surface area contributed by atoms with E-state index in [1.807, 2.05) is 67.2 Å². The maximum Gasteiger partial charge on any atom is 0.172 e. The van der Waals surface area contributed by atoms with Crippen LogP contribution in [-0.4, -0.2) is 24.3 Å². The number of methoxy groups -OCH3 is 1. The van der Waals surface area contributed by atoms with Crippen LogP contribution >= 0.6 is 0 Å². The molecule has 0 saturated heterocycles. The van der Waals surface area contributed by atoms with Gasteiger partial charge in [0.25, 0.3) is 0 Å². The average molecular weight is 425 g/mol. The summed E-state index contributed by atoms with van der Waals surface area (Å²) in [6.07, 6.45) is 3.70. The lowest BCUT2D eigenvalue weighted by atomic mass is 9.94. The Hall–Kier alpha value is -4.41. The average Bonchev–Trinajstić information content (AvgIpc) is 3.28. The Bertz CT molecular complexity index is 1240. The van der Waals surface area contributed by atoms with Crippen molar-refractivity contribution in [2.24, 2.45) is 7.05 Å². The minimum Gasteiger partial charge on any atom is -0.497 e. The second kappa shape index (κ2) is 8.76. The summed E-state index contributed by atoms with van der Waals surface area (Å²) < 4.78 is 13.1. The molecular formula is C25H23N5O2. The van der Waals surface area contributed by atoms with Crippen LogP contribution in [0.2, 0.25) is 0 Å². The summed E-state index contributed by atoms with van der Waals surface area (Å²) in [5.74, 6) is 1.81. The lowest BCUT2D eigenvalue weighted by Gasteiger charge is -2.21. The molecule has 1 aromatic heterocycles. The molecule has 2 heterocycles. The molecule has 0 unspecified atom stereocenters. The fourth-order valence-corrected chi connectivity index (χ4v) is 3.61. The van der Waals surface area contributed by atoms with Crippen molar-refractivity contribution < 1.29 is 9.47 Å². The molecule has 0 amide bonds. The largest absolute Gasteiger partial charge is 0.497 e. The molecule has 2 aromatic rings. The van der Waals surface area contributed by atoms with E-state index >= 15 is 0 Å². The Morgan fingerprint density at radius 3 is 2.28 bits per heavy atom. The van der Waals surface area contributed by atoms with Crippen LogP contribution in [0.1, 0.15) is 19.5 Å². The number of aromatic nitrogens is 1. The number of benzene rings is 1. The first-order valence-electron chi connectivity index (χ1n) is 9.87. The highest BCUT2D eigenvalue weighted by atomic mass is 16.5. The molecule has 1 aliphatic rings. The molecular weight excluding hydrogens is 402 g/mol. The standard InChI is InChI=1S/C25H23N5O2/c1-25(2)22(21(16-28)24(32-25)17(14-26)15-27)12-8-19-9-13-23(30(19)4)29(3)18-6-10-20(31-5)11-7-18/h6-13H,1-5H3/b12-8+. The van der Waals surface area contributed by atoms with Gasteiger partial charge in [-0.1, -0.05) is 6.08 Å². The normalized spacial score (nSPS) is 14.5. The van der Waals surface area contributed by atoms with E-state index in [1.54, 1.807) is 33.1 Å². The highest BCUT2D eigenvalue weighted by Crippen LogP contribution is 2.40. The summed E-state index contributed by atoms with van der Waals surface area (Å²) in [6.45, 7) is 3.61. The Morgan fingerprint density at radius 1 is 1.06 bits per heavy atom. The van der Waals surface area contributed by atoms with Gasteiger partial charge in [-0.25, -0.2) is 0 Å². The quantitative estimate of drug-likeness (QED) is 0.642. The van der Waals surface area contributed by atoms with Crippen LogP contribution in [0.4, 0.5) is 11.5 Å². The Morgan fingerprint density at radius 2 is 1.72 bits per heavy atom. The van der Waals surface area contributed by atoms with Gasteiger partial charge in [-0.2, -0.15) is 15.8 Å². The van der Waals surface area contributed by atoms with Crippen LogP contribution in [0.15, 0.2) is 65.0 Å². The number of allylic oxidation sites excluding steroid dienone is 2. The molecule has 160 valence electrons. The van der Waals surface area contributed by atoms with Gasteiger partial charge in [0.05, 0.1) is 7.11 Å². The fourth-order valence-electron chi connectivity index (χ4n) is 3.61. The van der Waals surface area contributed by atoms with E-state index in [-0.39, 0.29) is 16.9 Å². The predicted octanol–water partition coefficient (Wildman–Crippen LogP) is 4.75. The van der Waals surface area contributed by atoms with Crippen molar-refractivity contribution in [2.75, 3.05) is 19.1 Å². The molecule has 0 fully saturated rings. The number of ether oxygens (including phenoxy) is 2. The summed E-state index contributed by atoms with van der Waals surface area (Å²) in [5.41, 5.74) is 1.69. The maximum atomic E-state index is 9.68. The summed E-state index contributed by atoms with van der Waals surface area (Å²) in [5, 5.41) is 28.1. The number of nitrogens with zero attached hydrogens (tertiary/aromatic N) is 5. The second-order valence-electron chi connectivity index (χ2n) is 7.71. The maximum absolute atomic E-state index is 9.68. The number of anilines is 2. The number of hydrogen-bond donors (Lipinski definition) is 0. The van der Waals surface area contributed by atoms with E-state index in [0.717, 1.165) is 22.9 Å². The van der Waals surface area contributed by atoms with Crippen LogP contribution < -0.4 is 9.64 Å². The van der Waals surface area contributed by atoms with Crippen molar-refractivity contribution in [2.45, 2.75) is 19.4 Å². The third-order valence-electron chi connectivity index (χ3n) is 5.42. The van der Waals surface area contributed by atoms with E-state index in [0.29, 0.717) is 5.57 Å². The molecule has 0 saturated carbocycles. The minimum absolute atomic E-state index is 0.0361. The molecule has 0 radical (unpaired) electrons. The molecule has 7 nitrogen and oxygen atoms in total. The predicted molar refractivity (Wildman–Crippen MR) is 122 cm³/mol. The van der Waals surface area contributed by atoms with Crippen LogP contribution in [0.3, 0.4) is 0 Å². The molecule has 32 heavy (non-hydrogen) atoms. The SMILES string of the molecule is COc1ccc(N(C)c2ccc(/C=C/C3=C(C#N)C(=C(C#N)C#N)OC3(C)C)n2C)cc1. The van der Waals surface area contributed by atoms with E-state index in [1.165, 1.54) is 0 Å². The zero-order valence-electron chi connectivity index (χ0n) is 18.7.